The summed E-state index contributed by atoms with van der Waals surface area (Å²) < 4.78 is 10.1. The van der Waals surface area contributed by atoms with Crippen LogP contribution in [0, 0.1) is 0 Å². The molecule has 9 nitrogen and oxygen atoms in total. The van der Waals surface area contributed by atoms with Crippen LogP contribution in [0.15, 0.2) is 24.3 Å². The summed E-state index contributed by atoms with van der Waals surface area (Å²) in [5.74, 6) is -1.14. The number of ether oxygens (including phenoxy) is 2. The van der Waals surface area contributed by atoms with Gasteiger partial charge in [-0.15, -0.1) is 0 Å². The largest absolute Gasteiger partial charge is 0.480 e. The van der Waals surface area contributed by atoms with Crippen LogP contribution in [0.5, 0.6) is 0 Å². The smallest absolute Gasteiger partial charge is 0.408 e. The minimum absolute atomic E-state index is 0.0689. The minimum Gasteiger partial charge on any atom is -0.480 e. The number of amides is 2. The number of alkyl carbamates (subject to hydrolysis) is 2. The predicted molar refractivity (Wildman–Crippen MR) is 104 cm³/mol. The van der Waals surface area contributed by atoms with E-state index in [9.17, 15) is 19.5 Å². The van der Waals surface area contributed by atoms with Gasteiger partial charge in [0, 0.05) is 17.8 Å². The Kier molecular flexibility index (Phi) is 9.07. The Labute approximate surface area is 164 Å². The van der Waals surface area contributed by atoms with E-state index in [1.54, 1.807) is 45.0 Å². The van der Waals surface area contributed by atoms with Crippen molar-refractivity contribution in [3.05, 3.63) is 29.8 Å². The Bertz CT molecular complexity index is 672. The monoisotopic (exact) mass is 395 g/mol. The van der Waals surface area contributed by atoms with Crippen molar-refractivity contribution in [2.75, 3.05) is 12.3 Å². The lowest BCUT2D eigenvalue weighted by Crippen LogP contribution is -2.43. The molecule has 5 N–H and O–H groups in total. The summed E-state index contributed by atoms with van der Waals surface area (Å²) in [5, 5.41) is 14.1. The molecule has 1 aromatic rings. The van der Waals surface area contributed by atoms with Crippen LogP contribution in [-0.2, 0) is 20.9 Å². The van der Waals surface area contributed by atoms with Gasteiger partial charge < -0.3 is 30.9 Å². The number of nitrogens with two attached hydrogens (primary N) is 1. The topological polar surface area (TPSA) is 140 Å². The molecule has 0 aromatic heterocycles. The molecule has 0 aliphatic rings. The van der Waals surface area contributed by atoms with Crippen molar-refractivity contribution in [3.63, 3.8) is 0 Å². The molecule has 2 amide bonds. The SMILES string of the molecule is CC(C)(C)OC(=O)NC(CCCCNC(=O)OCc1ccccc1N)C(=O)O. The summed E-state index contributed by atoms with van der Waals surface area (Å²) in [6.07, 6.45) is -0.126. The molecule has 0 aliphatic carbocycles. The van der Waals surface area contributed by atoms with Crippen molar-refractivity contribution in [1.29, 1.82) is 0 Å². The highest BCUT2D eigenvalue weighted by molar-refractivity contribution is 5.79. The van der Waals surface area contributed by atoms with Gasteiger partial charge in [0.25, 0.3) is 0 Å². The number of hydrogen-bond donors (Lipinski definition) is 4. The van der Waals surface area contributed by atoms with Crippen LogP contribution in [0.1, 0.15) is 45.6 Å². The third-order valence-electron chi connectivity index (χ3n) is 3.59. The zero-order valence-electron chi connectivity index (χ0n) is 16.5. The number of anilines is 1. The normalized spacial score (nSPS) is 12.0. The van der Waals surface area contributed by atoms with E-state index < -0.39 is 29.8 Å². The fraction of sp³-hybridized carbons (Fsp3) is 0.526. The number of benzene rings is 1. The second-order valence-corrected chi connectivity index (χ2v) is 7.23. The fourth-order valence-corrected chi connectivity index (χ4v) is 2.23. The number of carboxylic acid groups (broad SMARTS) is 1. The maximum Gasteiger partial charge on any atom is 0.408 e. The molecule has 0 saturated heterocycles. The summed E-state index contributed by atoms with van der Waals surface area (Å²) in [5.41, 5.74) is 6.33. The van der Waals surface area contributed by atoms with Crippen molar-refractivity contribution in [2.24, 2.45) is 0 Å². The van der Waals surface area contributed by atoms with Gasteiger partial charge in [-0.3, -0.25) is 0 Å². The van der Waals surface area contributed by atoms with Crippen LogP contribution in [-0.4, -0.2) is 41.4 Å². The van der Waals surface area contributed by atoms with Crippen molar-refractivity contribution in [3.8, 4) is 0 Å². The van der Waals surface area contributed by atoms with Gasteiger partial charge in [-0.25, -0.2) is 14.4 Å². The zero-order chi connectivity index (χ0) is 21.2. The maximum absolute atomic E-state index is 11.7. The Hall–Kier alpha value is -2.97. The summed E-state index contributed by atoms with van der Waals surface area (Å²) >= 11 is 0. The first kappa shape index (κ1) is 23.1. The lowest BCUT2D eigenvalue weighted by Gasteiger charge is -2.22. The number of unbranched alkanes of at least 4 members (excludes halogenated alkanes) is 1. The van der Waals surface area contributed by atoms with Crippen molar-refractivity contribution in [2.45, 2.75) is 58.3 Å². The Morgan fingerprint density at radius 1 is 1.14 bits per heavy atom. The number of rotatable bonds is 9. The second-order valence-electron chi connectivity index (χ2n) is 7.23. The Balaban J connectivity index is 2.24. The quantitative estimate of drug-likeness (QED) is 0.372. The van der Waals surface area contributed by atoms with Crippen molar-refractivity contribution >= 4 is 23.8 Å². The first-order chi connectivity index (χ1) is 13.1. The number of nitrogen functional groups attached to an aromatic ring is 1. The molecular formula is C19H29N3O6. The molecule has 1 unspecified atom stereocenters. The third kappa shape index (κ3) is 9.65. The molecule has 0 heterocycles. The summed E-state index contributed by atoms with van der Waals surface area (Å²) in [7, 11) is 0. The molecule has 0 spiro atoms. The van der Waals surface area contributed by atoms with E-state index >= 15 is 0 Å². The van der Waals surface area contributed by atoms with Gasteiger partial charge >= 0.3 is 18.2 Å². The average molecular weight is 395 g/mol. The summed E-state index contributed by atoms with van der Waals surface area (Å²) in [6, 6.07) is 6.04. The van der Waals surface area contributed by atoms with Crippen LogP contribution >= 0.6 is 0 Å². The van der Waals surface area contributed by atoms with Gasteiger partial charge in [-0.05, 0) is 46.1 Å². The maximum atomic E-state index is 11.7. The molecule has 1 rings (SSSR count). The van der Waals surface area contributed by atoms with Gasteiger partial charge in [0.1, 0.15) is 18.2 Å². The van der Waals surface area contributed by atoms with Gasteiger partial charge in [0.05, 0.1) is 0 Å². The van der Waals surface area contributed by atoms with E-state index in [0.29, 0.717) is 25.1 Å². The molecule has 1 atom stereocenters. The van der Waals surface area contributed by atoms with Crippen LogP contribution in [0.4, 0.5) is 15.3 Å². The van der Waals surface area contributed by atoms with E-state index in [1.165, 1.54) is 0 Å². The van der Waals surface area contributed by atoms with E-state index in [4.69, 9.17) is 15.2 Å². The van der Waals surface area contributed by atoms with Gasteiger partial charge in [0.2, 0.25) is 0 Å². The van der Waals surface area contributed by atoms with Gasteiger partial charge in [0.15, 0.2) is 0 Å². The van der Waals surface area contributed by atoms with Crippen LogP contribution < -0.4 is 16.4 Å². The molecule has 0 radical (unpaired) electrons. The Morgan fingerprint density at radius 3 is 2.43 bits per heavy atom. The Morgan fingerprint density at radius 2 is 1.82 bits per heavy atom. The molecule has 156 valence electrons. The highest BCUT2D eigenvalue weighted by Gasteiger charge is 2.23. The van der Waals surface area contributed by atoms with E-state index in [0.717, 1.165) is 5.56 Å². The molecular weight excluding hydrogens is 366 g/mol. The standard InChI is InChI=1S/C19H29N3O6/c1-19(2,3)28-18(26)22-15(16(23)24)10-6-7-11-21-17(25)27-12-13-8-4-5-9-14(13)20/h4-5,8-9,15H,6-7,10-12,20H2,1-3H3,(H,21,25)(H,22,26)(H,23,24). The van der Waals surface area contributed by atoms with Crippen LogP contribution in [0.2, 0.25) is 0 Å². The molecule has 0 bridgehead atoms. The van der Waals surface area contributed by atoms with E-state index in [-0.39, 0.29) is 13.0 Å². The van der Waals surface area contributed by atoms with Crippen molar-refractivity contribution in [1.82, 2.24) is 10.6 Å². The summed E-state index contributed by atoms with van der Waals surface area (Å²) in [6.45, 7) is 5.47. The highest BCUT2D eigenvalue weighted by atomic mass is 16.6. The zero-order valence-corrected chi connectivity index (χ0v) is 16.5. The first-order valence-corrected chi connectivity index (χ1v) is 9.05. The minimum atomic E-state index is -1.14. The number of nitrogens with one attached hydrogen (secondary N) is 2. The molecule has 0 aliphatic heterocycles. The number of hydrogen-bond acceptors (Lipinski definition) is 6. The molecule has 0 fully saturated rings. The predicted octanol–water partition coefficient (Wildman–Crippen LogP) is 2.64. The number of carboxylic acids is 1. The number of carbonyl (C=O) groups is 3. The van der Waals surface area contributed by atoms with E-state index in [2.05, 4.69) is 10.6 Å². The highest BCUT2D eigenvalue weighted by Crippen LogP contribution is 2.11. The number of para-hydroxylation sites is 1. The average Bonchev–Trinajstić information content (AvgIpc) is 2.58. The van der Waals surface area contributed by atoms with Gasteiger partial charge in [-0.1, -0.05) is 18.2 Å². The van der Waals surface area contributed by atoms with Crippen LogP contribution in [0.3, 0.4) is 0 Å². The molecule has 0 saturated carbocycles. The number of aliphatic carboxylic acids is 1. The summed E-state index contributed by atoms with van der Waals surface area (Å²) in [4.78, 5) is 34.6. The molecule has 1 aromatic carbocycles. The molecule has 28 heavy (non-hydrogen) atoms. The first-order valence-electron chi connectivity index (χ1n) is 9.05. The number of carbonyl (C=O) groups excluding carboxylic acids is 2. The van der Waals surface area contributed by atoms with Crippen LogP contribution in [0.25, 0.3) is 0 Å². The fourth-order valence-electron chi connectivity index (χ4n) is 2.23. The second kappa shape index (κ2) is 11.0. The third-order valence-corrected chi connectivity index (χ3v) is 3.59. The lowest BCUT2D eigenvalue weighted by molar-refractivity contribution is -0.139. The molecule has 9 heteroatoms. The van der Waals surface area contributed by atoms with Crippen molar-refractivity contribution < 1.29 is 29.0 Å². The van der Waals surface area contributed by atoms with E-state index in [1.807, 2.05) is 0 Å². The lowest BCUT2D eigenvalue weighted by atomic mass is 10.1. The van der Waals surface area contributed by atoms with Gasteiger partial charge in [-0.2, -0.15) is 0 Å².